The van der Waals surface area contributed by atoms with E-state index in [2.05, 4.69) is 17.3 Å². The largest absolute Gasteiger partial charge is 0.356 e. The van der Waals surface area contributed by atoms with Gasteiger partial charge in [0.15, 0.2) is 0 Å². The molecule has 6 heteroatoms. The van der Waals surface area contributed by atoms with Crippen molar-refractivity contribution >= 4 is 11.8 Å². The lowest BCUT2D eigenvalue weighted by atomic mass is 10.1. The number of aryl methyl sites for hydroxylation is 1. The van der Waals surface area contributed by atoms with E-state index in [4.69, 9.17) is 0 Å². The molecule has 0 saturated carbocycles. The van der Waals surface area contributed by atoms with Crippen molar-refractivity contribution in [3.05, 3.63) is 17.5 Å². The van der Waals surface area contributed by atoms with E-state index >= 15 is 0 Å². The fraction of sp³-hybridized carbons (Fsp3) is 0.667. The molecule has 1 saturated heterocycles. The molecular formula is C15H24N4O2. The first kappa shape index (κ1) is 15.5. The van der Waals surface area contributed by atoms with E-state index < -0.39 is 0 Å². The number of likely N-dealkylation sites (tertiary alicyclic amines) is 1. The van der Waals surface area contributed by atoms with Crippen molar-refractivity contribution in [1.29, 1.82) is 0 Å². The van der Waals surface area contributed by atoms with Crippen LogP contribution in [0.3, 0.4) is 0 Å². The van der Waals surface area contributed by atoms with Gasteiger partial charge in [0, 0.05) is 31.9 Å². The summed E-state index contributed by atoms with van der Waals surface area (Å²) in [6, 6.07) is 0. The molecule has 0 unspecified atom stereocenters. The monoisotopic (exact) mass is 292 g/mol. The van der Waals surface area contributed by atoms with Gasteiger partial charge in [-0.2, -0.15) is 5.10 Å². The Balaban J connectivity index is 2.03. The zero-order chi connectivity index (χ0) is 15.4. The van der Waals surface area contributed by atoms with Crippen molar-refractivity contribution in [3.63, 3.8) is 0 Å². The van der Waals surface area contributed by atoms with Gasteiger partial charge in [-0.1, -0.05) is 6.92 Å². The van der Waals surface area contributed by atoms with Crippen molar-refractivity contribution in [1.82, 2.24) is 20.0 Å². The summed E-state index contributed by atoms with van der Waals surface area (Å²) in [6.07, 6.45) is 3.37. The third-order valence-corrected chi connectivity index (χ3v) is 3.97. The molecule has 1 aliphatic rings. The van der Waals surface area contributed by atoms with E-state index in [0.717, 1.165) is 25.1 Å². The number of aromatic nitrogens is 2. The highest BCUT2D eigenvalue weighted by atomic mass is 16.2. The predicted octanol–water partition coefficient (Wildman–Crippen LogP) is 1.20. The second-order valence-electron chi connectivity index (χ2n) is 5.50. The van der Waals surface area contributed by atoms with Gasteiger partial charge in [0.05, 0.1) is 17.7 Å². The van der Waals surface area contributed by atoms with Crippen LogP contribution in [0.25, 0.3) is 0 Å². The Labute approximate surface area is 125 Å². The fourth-order valence-corrected chi connectivity index (χ4v) is 2.74. The molecule has 1 aliphatic heterocycles. The van der Waals surface area contributed by atoms with Gasteiger partial charge < -0.3 is 10.2 Å². The molecule has 116 valence electrons. The van der Waals surface area contributed by atoms with E-state index in [1.165, 1.54) is 0 Å². The molecule has 1 N–H and O–H groups in total. The first-order chi connectivity index (χ1) is 10.1. The average molecular weight is 292 g/mol. The van der Waals surface area contributed by atoms with E-state index in [9.17, 15) is 9.59 Å². The molecule has 0 radical (unpaired) electrons. The van der Waals surface area contributed by atoms with Gasteiger partial charge in [-0.25, -0.2) is 0 Å². The van der Waals surface area contributed by atoms with E-state index in [1.807, 2.05) is 18.5 Å². The SMILES string of the molecule is CCCn1ncc(C(=O)N2CC[C@H](C(=O)NCC)C2)c1C. The molecule has 2 heterocycles. The van der Waals surface area contributed by atoms with Crippen LogP contribution >= 0.6 is 0 Å². The Hall–Kier alpha value is -1.85. The van der Waals surface area contributed by atoms with Crippen LogP contribution < -0.4 is 5.32 Å². The predicted molar refractivity (Wildman–Crippen MR) is 79.9 cm³/mol. The molecule has 1 aromatic rings. The van der Waals surface area contributed by atoms with Crippen LogP contribution in [0.2, 0.25) is 0 Å². The molecule has 0 aliphatic carbocycles. The van der Waals surface area contributed by atoms with Gasteiger partial charge in [0.1, 0.15) is 0 Å². The highest BCUT2D eigenvalue weighted by Gasteiger charge is 2.32. The Morgan fingerprint density at radius 3 is 2.86 bits per heavy atom. The second-order valence-corrected chi connectivity index (χ2v) is 5.50. The summed E-state index contributed by atoms with van der Waals surface area (Å²) in [5.74, 6) is -0.0484. The van der Waals surface area contributed by atoms with Crippen LogP contribution in [0.1, 0.15) is 42.7 Å². The summed E-state index contributed by atoms with van der Waals surface area (Å²) >= 11 is 0. The maximum atomic E-state index is 12.6. The Morgan fingerprint density at radius 1 is 1.43 bits per heavy atom. The quantitative estimate of drug-likeness (QED) is 0.886. The molecule has 1 atom stereocenters. The molecule has 2 rings (SSSR count). The maximum Gasteiger partial charge on any atom is 0.257 e. The summed E-state index contributed by atoms with van der Waals surface area (Å²) in [4.78, 5) is 26.2. The van der Waals surface area contributed by atoms with Crippen LogP contribution in [-0.2, 0) is 11.3 Å². The molecule has 0 spiro atoms. The van der Waals surface area contributed by atoms with Crippen molar-refractivity contribution in [2.24, 2.45) is 5.92 Å². The fourth-order valence-electron chi connectivity index (χ4n) is 2.74. The number of hydrogen-bond acceptors (Lipinski definition) is 3. The van der Waals surface area contributed by atoms with Crippen LogP contribution in [0.4, 0.5) is 0 Å². The van der Waals surface area contributed by atoms with E-state index in [1.54, 1.807) is 11.1 Å². The number of rotatable bonds is 5. The zero-order valence-corrected chi connectivity index (χ0v) is 13.1. The molecule has 1 aromatic heterocycles. The molecule has 2 amide bonds. The standard InChI is InChI=1S/C15H24N4O2/c1-4-7-19-11(3)13(9-17-19)15(21)18-8-6-12(10-18)14(20)16-5-2/h9,12H,4-8,10H2,1-3H3,(H,16,20)/t12-/m0/s1. The summed E-state index contributed by atoms with van der Waals surface area (Å²) in [5, 5.41) is 7.10. The Morgan fingerprint density at radius 2 is 2.19 bits per heavy atom. The van der Waals surface area contributed by atoms with Crippen molar-refractivity contribution in [3.8, 4) is 0 Å². The average Bonchev–Trinajstić information content (AvgIpc) is 3.07. The summed E-state index contributed by atoms with van der Waals surface area (Å²) in [7, 11) is 0. The maximum absolute atomic E-state index is 12.6. The van der Waals surface area contributed by atoms with Crippen molar-refractivity contribution < 1.29 is 9.59 Å². The summed E-state index contributed by atoms with van der Waals surface area (Å²) < 4.78 is 1.87. The lowest BCUT2D eigenvalue weighted by Crippen LogP contribution is -2.34. The Bertz CT molecular complexity index is 524. The van der Waals surface area contributed by atoms with Gasteiger partial charge in [0.2, 0.25) is 5.91 Å². The normalized spacial score (nSPS) is 18.0. The smallest absolute Gasteiger partial charge is 0.257 e. The zero-order valence-electron chi connectivity index (χ0n) is 13.1. The van der Waals surface area contributed by atoms with Crippen LogP contribution in [0, 0.1) is 12.8 Å². The highest BCUT2D eigenvalue weighted by Crippen LogP contribution is 2.20. The lowest BCUT2D eigenvalue weighted by molar-refractivity contribution is -0.124. The molecule has 21 heavy (non-hydrogen) atoms. The molecule has 6 nitrogen and oxygen atoms in total. The minimum absolute atomic E-state index is 0.0124. The first-order valence-corrected chi connectivity index (χ1v) is 7.67. The van der Waals surface area contributed by atoms with Crippen LogP contribution in [0.5, 0.6) is 0 Å². The molecular weight excluding hydrogens is 268 g/mol. The topological polar surface area (TPSA) is 67.2 Å². The van der Waals surface area contributed by atoms with Gasteiger partial charge >= 0.3 is 0 Å². The van der Waals surface area contributed by atoms with E-state index in [0.29, 0.717) is 25.2 Å². The number of carbonyl (C=O) groups excluding carboxylic acids is 2. The third kappa shape index (κ3) is 3.25. The van der Waals surface area contributed by atoms with Gasteiger partial charge in [0.25, 0.3) is 5.91 Å². The third-order valence-electron chi connectivity index (χ3n) is 3.97. The van der Waals surface area contributed by atoms with Crippen LogP contribution in [0.15, 0.2) is 6.20 Å². The lowest BCUT2D eigenvalue weighted by Gasteiger charge is -2.16. The highest BCUT2D eigenvalue weighted by molar-refractivity contribution is 5.95. The summed E-state index contributed by atoms with van der Waals surface area (Å²) in [6.45, 7) is 8.50. The number of amides is 2. The molecule has 0 bridgehead atoms. The van der Waals surface area contributed by atoms with Crippen molar-refractivity contribution in [2.45, 2.75) is 40.2 Å². The minimum atomic E-state index is -0.0834. The molecule has 1 fully saturated rings. The molecule has 0 aromatic carbocycles. The van der Waals surface area contributed by atoms with Gasteiger partial charge in [-0.15, -0.1) is 0 Å². The van der Waals surface area contributed by atoms with Crippen molar-refractivity contribution in [2.75, 3.05) is 19.6 Å². The number of nitrogens with zero attached hydrogens (tertiary/aromatic N) is 3. The second kappa shape index (κ2) is 6.74. The number of nitrogens with one attached hydrogen (secondary N) is 1. The van der Waals surface area contributed by atoms with Gasteiger partial charge in [-0.05, 0) is 26.7 Å². The van der Waals surface area contributed by atoms with Gasteiger partial charge in [-0.3, -0.25) is 14.3 Å². The summed E-state index contributed by atoms with van der Waals surface area (Å²) in [5.41, 5.74) is 1.56. The first-order valence-electron chi connectivity index (χ1n) is 7.67. The minimum Gasteiger partial charge on any atom is -0.356 e. The number of carbonyl (C=O) groups is 2. The van der Waals surface area contributed by atoms with E-state index in [-0.39, 0.29) is 17.7 Å². The Kier molecular flexibility index (Phi) is 4.98. The number of hydrogen-bond donors (Lipinski definition) is 1. The van der Waals surface area contributed by atoms with Crippen LogP contribution in [-0.4, -0.2) is 46.1 Å².